The quantitative estimate of drug-likeness (QED) is 0.422. The third-order valence-corrected chi connectivity index (χ3v) is 6.47. The van der Waals surface area contributed by atoms with Gasteiger partial charge in [0.1, 0.15) is 17.6 Å². The van der Waals surface area contributed by atoms with Crippen LogP contribution in [-0.2, 0) is 27.3 Å². The number of hydrogen-bond donors (Lipinski definition) is 3. The summed E-state index contributed by atoms with van der Waals surface area (Å²) < 4.78 is 16.4. The van der Waals surface area contributed by atoms with Crippen LogP contribution < -0.4 is 16.0 Å². The van der Waals surface area contributed by atoms with E-state index in [1.807, 2.05) is 20.9 Å². The van der Waals surface area contributed by atoms with E-state index in [0.29, 0.717) is 24.3 Å². The van der Waals surface area contributed by atoms with Gasteiger partial charge in [-0.3, -0.25) is 23.9 Å². The Kier molecular flexibility index (Phi) is 9.94. The summed E-state index contributed by atoms with van der Waals surface area (Å²) in [6.07, 6.45) is 1.82. The number of hydrogen-bond acceptors (Lipinski definition) is 6. The van der Waals surface area contributed by atoms with E-state index in [-0.39, 0.29) is 42.9 Å². The number of nitrogens with zero attached hydrogens (tertiary/aromatic N) is 4. The number of aryl methyl sites for hydroxylation is 1. The second-order valence-corrected chi connectivity index (χ2v) is 9.40. The maximum Gasteiger partial charge on any atom is 0.269 e. The minimum Gasteiger partial charge on any atom is -0.344 e. The molecule has 0 spiro atoms. The van der Waals surface area contributed by atoms with Crippen LogP contribution >= 0.6 is 0 Å². The molecule has 0 radical (unpaired) electrons. The second kappa shape index (κ2) is 13.1. The van der Waals surface area contributed by atoms with Crippen LogP contribution in [0.4, 0.5) is 10.1 Å². The molecule has 2 heterocycles. The molecule has 0 saturated carbocycles. The van der Waals surface area contributed by atoms with Crippen molar-refractivity contribution in [1.29, 1.82) is 0 Å². The number of carbonyl (C=O) groups is 4. The van der Waals surface area contributed by atoms with Gasteiger partial charge in [0, 0.05) is 51.3 Å². The number of benzene rings is 1. The zero-order valence-corrected chi connectivity index (χ0v) is 22.3. The molecule has 3 N–H and O–H groups in total. The molecule has 3 rings (SSSR count). The van der Waals surface area contributed by atoms with Crippen molar-refractivity contribution >= 4 is 29.3 Å². The minimum absolute atomic E-state index is 0.0142. The highest BCUT2D eigenvalue weighted by atomic mass is 19.1. The molecule has 12 heteroatoms. The van der Waals surface area contributed by atoms with E-state index in [2.05, 4.69) is 25.9 Å². The van der Waals surface area contributed by atoms with Crippen LogP contribution in [0.5, 0.6) is 0 Å². The van der Waals surface area contributed by atoms with Crippen LogP contribution in [0.25, 0.3) is 0 Å². The molecule has 38 heavy (non-hydrogen) atoms. The average Bonchev–Trinajstić information content (AvgIpc) is 3.37. The Morgan fingerprint density at radius 3 is 2.55 bits per heavy atom. The molecule has 1 fully saturated rings. The Labute approximate surface area is 221 Å². The van der Waals surface area contributed by atoms with Crippen molar-refractivity contribution in [1.82, 2.24) is 30.2 Å². The van der Waals surface area contributed by atoms with E-state index >= 15 is 0 Å². The predicted molar refractivity (Wildman–Crippen MR) is 140 cm³/mol. The summed E-state index contributed by atoms with van der Waals surface area (Å²) in [6, 6.07) is 4.93. The number of amides is 4. The molecule has 1 aromatic carbocycles. The van der Waals surface area contributed by atoms with Crippen LogP contribution in [0.2, 0.25) is 0 Å². The third kappa shape index (κ3) is 7.37. The molecule has 2 atom stereocenters. The summed E-state index contributed by atoms with van der Waals surface area (Å²) in [6.45, 7) is 7.66. The van der Waals surface area contributed by atoms with E-state index in [1.165, 1.54) is 23.0 Å². The lowest BCUT2D eigenvalue weighted by Crippen LogP contribution is -2.58. The standard InChI is InChI=1S/C26H36FN7O4/c1-5-23(35)31-21(26(38)33-12-11-32(4)16-17(33)3)14-18-7-8-20(19(27)13-18)30-24(36)15-28-25(37)22-9-10-29-34(22)6-2/h7-10,13,17,21H,5-6,11-12,14-16H2,1-4H3,(H,28,37)(H,30,36)(H,31,35). The molecule has 1 aliphatic rings. The number of anilines is 1. The fourth-order valence-electron chi connectivity index (χ4n) is 4.41. The first-order valence-electron chi connectivity index (χ1n) is 12.8. The molecule has 206 valence electrons. The van der Waals surface area contributed by atoms with E-state index in [1.54, 1.807) is 24.0 Å². The van der Waals surface area contributed by atoms with E-state index < -0.39 is 23.7 Å². The molecule has 11 nitrogen and oxygen atoms in total. The highest BCUT2D eigenvalue weighted by molar-refractivity contribution is 5.98. The maximum atomic E-state index is 14.9. The van der Waals surface area contributed by atoms with Gasteiger partial charge in [-0.1, -0.05) is 13.0 Å². The summed E-state index contributed by atoms with van der Waals surface area (Å²) in [5.41, 5.74) is 0.763. The number of likely N-dealkylation sites (N-methyl/N-ethyl adjacent to an activating group) is 1. The number of carbonyl (C=O) groups excluding carboxylic acids is 4. The highest BCUT2D eigenvalue weighted by Crippen LogP contribution is 2.18. The zero-order valence-electron chi connectivity index (χ0n) is 22.3. The summed E-state index contributed by atoms with van der Waals surface area (Å²) in [4.78, 5) is 54.0. The molecule has 1 aliphatic heterocycles. The summed E-state index contributed by atoms with van der Waals surface area (Å²) in [5, 5.41) is 11.7. The zero-order chi connectivity index (χ0) is 27.8. The van der Waals surface area contributed by atoms with Crippen LogP contribution in [-0.4, -0.2) is 88.5 Å². The van der Waals surface area contributed by atoms with Gasteiger partial charge >= 0.3 is 0 Å². The van der Waals surface area contributed by atoms with Gasteiger partial charge in [-0.25, -0.2) is 4.39 Å². The average molecular weight is 530 g/mol. The van der Waals surface area contributed by atoms with Gasteiger partial charge in [0.2, 0.25) is 17.7 Å². The number of piperazine rings is 1. The normalized spacial score (nSPS) is 16.6. The van der Waals surface area contributed by atoms with Crippen LogP contribution in [0, 0.1) is 5.82 Å². The Morgan fingerprint density at radius 1 is 1.13 bits per heavy atom. The Hall–Kier alpha value is -3.80. The Bertz CT molecular complexity index is 1170. The minimum atomic E-state index is -0.833. The van der Waals surface area contributed by atoms with Gasteiger partial charge in [0.05, 0.1) is 12.2 Å². The molecule has 2 aromatic rings. The molecule has 2 unspecified atom stereocenters. The van der Waals surface area contributed by atoms with Gasteiger partial charge in [0.25, 0.3) is 5.91 Å². The first-order chi connectivity index (χ1) is 18.1. The van der Waals surface area contributed by atoms with E-state index in [9.17, 15) is 23.6 Å². The van der Waals surface area contributed by atoms with Crippen LogP contribution in [0.1, 0.15) is 43.2 Å². The molecule has 0 aliphatic carbocycles. The largest absolute Gasteiger partial charge is 0.344 e. The van der Waals surface area contributed by atoms with Crippen molar-refractivity contribution in [2.75, 3.05) is 38.5 Å². The molecule has 1 aromatic heterocycles. The van der Waals surface area contributed by atoms with Crippen LogP contribution in [0.3, 0.4) is 0 Å². The molecule has 1 saturated heterocycles. The maximum absolute atomic E-state index is 14.9. The van der Waals surface area contributed by atoms with Crippen molar-refractivity contribution in [3.8, 4) is 0 Å². The number of rotatable bonds is 10. The van der Waals surface area contributed by atoms with Crippen LogP contribution in [0.15, 0.2) is 30.5 Å². The topological polar surface area (TPSA) is 129 Å². The SMILES string of the molecule is CCC(=O)NC(Cc1ccc(NC(=O)CNC(=O)c2ccnn2CC)c(F)c1)C(=O)N1CCN(C)CC1C. The first-order valence-corrected chi connectivity index (χ1v) is 12.8. The van der Waals surface area contributed by atoms with Crippen molar-refractivity contribution < 1.29 is 23.6 Å². The molecule has 0 bridgehead atoms. The predicted octanol–water partition coefficient (Wildman–Crippen LogP) is 1.01. The van der Waals surface area contributed by atoms with Gasteiger partial charge < -0.3 is 25.8 Å². The van der Waals surface area contributed by atoms with Crippen molar-refractivity contribution in [2.45, 2.75) is 52.2 Å². The third-order valence-electron chi connectivity index (χ3n) is 6.47. The lowest BCUT2D eigenvalue weighted by atomic mass is 10.0. The van der Waals surface area contributed by atoms with Gasteiger partial charge in [-0.05, 0) is 44.7 Å². The van der Waals surface area contributed by atoms with Crippen molar-refractivity contribution in [3.63, 3.8) is 0 Å². The lowest BCUT2D eigenvalue weighted by Gasteiger charge is -2.40. The van der Waals surface area contributed by atoms with E-state index in [0.717, 1.165) is 13.1 Å². The Morgan fingerprint density at radius 2 is 1.89 bits per heavy atom. The van der Waals surface area contributed by atoms with Crippen molar-refractivity contribution in [2.24, 2.45) is 0 Å². The monoisotopic (exact) mass is 529 g/mol. The summed E-state index contributed by atoms with van der Waals surface area (Å²) in [5.74, 6) is -2.22. The highest BCUT2D eigenvalue weighted by Gasteiger charge is 2.32. The molecular formula is C26H36FN7O4. The van der Waals surface area contributed by atoms with Gasteiger partial charge in [0.15, 0.2) is 0 Å². The second-order valence-electron chi connectivity index (χ2n) is 9.40. The molecular weight excluding hydrogens is 493 g/mol. The first kappa shape index (κ1) is 28.8. The number of halogens is 1. The van der Waals surface area contributed by atoms with Crippen molar-refractivity contribution in [3.05, 3.63) is 47.5 Å². The fraction of sp³-hybridized carbons (Fsp3) is 0.500. The smallest absolute Gasteiger partial charge is 0.269 e. The molecule has 4 amide bonds. The van der Waals surface area contributed by atoms with Gasteiger partial charge in [-0.2, -0.15) is 5.10 Å². The Balaban J connectivity index is 1.63. The number of nitrogens with one attached hydrogen (secondary N) is 3. The lowest BCUT2D eigenvalue weighted by molar-refractivity contribution is -0.140. The fourth-order valence-corrected chi connectivity index (χ4v) is 4.41. The number of aromatic nitrogens is 2. The van der Waals surface area contributed by atoms with Gasteiger partial charge in [-0.15, -0.1) is 0 Å². The summed E-state index contributed by atoms with van der Waals surface area (Å²) >= 11 is 0. The van der Waals surface area contributed by atoms with E-state index in [4.69, 9.17) is 0 Å². The summed E-state index contributed by atoms with van der Waals surface area (Å²) in [7, 11) is 1.99.